The lowest BCUT2D eigenvalue weighted by Crippen LogP contribution is -2.60. The largest absolute Gasteiger partial charge is 0.389 e. The number of anilines is 1. The minimum atomic E-state index is -0.442. The molecule has 2 aliphatic rings. The Labute approximate surface area is 156 Å². The van der Waals surface area contributed by atoms with Crippen LogP contribution in [0.5, 0.6) is 0 Å². The van der Waals surface area contributed by atoms with Crippen molar-refractivity contribution < 1.29 is 9.84 Å². The van der Waals surface area contributed by atoms with Crippen molar-refractivity contribution in [3.63, 3.8) is 0 Å². The van der Waals surface area contributed by atoms with E-state index in [0.717, 1.165) is 42.8 Å². The maximum Gasteiger partial charge on any atom is 0.222 e. The van der Waals surface area contributed by atoms with E-state index in [2.05, 4.69) is 26.7 Å². The van der Waals surface area contributed by atoms with Gasteiger partial charge in [-0.15, -0.1) is 0 Å². The maximum absolute atomic E-state index is 10.2. The zero-order valence-electron chi connectivity index (χ0n) is 14.0. The topological polar surface area (TPSA) is 61.7 Å². The summed E-state index contributed by atoms with van der Waals surface area (Å²) in [5.41, 5.74) is 1.44. The van der Waals surface area contributed by atoms with Gasteiger partial charge >= 0.3 is 0 Å². The summed E-state index contributed by atoms with van der Waals surface area (Å²) < 4.78 is 5.46. The average Bonchev–Trinajstić information content (AvgIpc) is 2.95. The van der Waals surface area contributed by atoms with E-state index in [1.165, 1.54) is 0 Å². The van der Waals surface area contributed by atoms with Crippen LogP contribution in [0.25, 0.3) is 10.9 Å². The molecule has 4 rings (SSSR count). The van der Waals surface area contributed by atoms with Gasteiger partial charge in [0.05, 0.1) is 41.1 Å². The highest BCUT2D eigenvalue weighted by Crippen LogP contribution is 2.33. The minimum absolute atomic E-state index is 0.230. The van der Waals surface area contributed by atoms with E-state index >= 15 is 0 Å². The van der Waals surface area contributed by atoms with Crippen molar-refractivity contribution >= 4 is 39.8 Å². The lowest BCUT2D eigenvalue weighted by Gasteiger charge is -2.45. The highest BCUT2D eigenvalue weighted by molar-refractivity contribution is 6.34. The normalized spacial score (nSPS) is 28.0. The molecule has 0 saturated carbocycles. The lowest BCUT2D eigenvalue weighted by atomic mass is 9.95. The molecule has 2 aromatic rings. The van der Waals surface area contributed by atoms with Crippen molar-refractivity contribution in [2.24, 2.45) is 0 Å². The first-order valence-corrected chi connectivity index (χ1v) is 9.10. The number of hydrogen-bond donors (Lipinski definition) is 1. The number of piperazine rings is 1. The molecule has 134 valence electrons. The number of benzene rings is 1. The van der Waals surface area contributed by atoms with Crippen LogP contribution in [0.3, 0.4) is 0 Å². The molecule has 1 N–H and O–H groups in total. The molecular weight excluding hydrogens is 363 g/mol. The van der Waals surface area contributed by atoms with Crippen molar-refractivity contribution in [3.05, 3.63) is 28.6 Å². The number of ether oxygens (including phenoxy) is 1. The van der Waals surface area contributed by atoms with E-state index in [-0.39, 0.29) is 10.8 Å². The molecule has 1 aromatic heterocycles. The highest BCUT2D eigenvalue weighted by atomic mass is 35.5. The fourth-order valence-electron chi connectivity index (χ4n) is 3.67. The van der Waals surface area contributed by atoms with Crippen LogP contribution in [0.1, 0.15) is 6.92 Å². The molecule has 2 atom stereocenters. The first-order chi connectivity index (χ1) is 12.0. The molecule has 0 radical (unpaired) electrons. The number of aliphatic hydroxyl groups excluding tert-OH is 1. The molecule has 6 nitrogen and oxygen atoms in total. The second-order valence-corrected chi connectivity index (χ2v) is 7.61. The maximum atomic E-state index is 10.2. The first-order valence-electron chi connectivity index (χ1n) is 8.35. The average molecular weight is 383 g/mol. The zero-order valence-corrected chi connectivity index (χ0v) is 15.5. The number of rotatable bonds is 2. The van der Waals surface area contributed by atoms with Crippen LogP contribution >= 0.6 is 23.2 Å². The second kappa shape index (κ2) is 6.52. The summed E-state index contributed by atoms with van der Waals surface area (Å²) in [5, 5.41) is 12.0. The first kappa shape index (κ1) is 17.2. The van der Waals surface area contributed by atoms with Crippen molar-refractivity contribution in [2.45, 2.75) is 18.6 Å². The minimum Gasteiger partial charge on any atom is -0.389 e. The Morgan fingerprint density at radius 1 is 1.24 bits per heavy atom. The van der Waals surface area contributed by atoms with Crippen molar-refractivity contribution in [1.29, 1.82) is 0 Å². The second-order valence-electron chi connectivity index (χ2n) is 6.86. The summed E-state index contributed by atoms with van der Waals surface area (Å²) in [4.78, 5) is 12.8. The summed E-state index contributed by atoms with van der Waals surface area (Å²) in [6, 6.07) is 3.85. The van der Waals surface area contributed by atoms with E-state index in [9.17, 15) is 5.11 Å². The Balaban J connectivity index is 1.54. The third-order valence-corrected chi connectivity index (χ3v) is 5.83. The van der Waals surface area contributed by atoms with Crippen LogP contribution in [0.2, 0.25) is 10.3 Å². The quantitative estimate of drug-likeness (QED) is 0.803. The molecule has 1 aromatic carbocycles. The third kappa shape index (κ3) is 3.06. The van der Waals surface area contributed by atoms with Crippen LogP contribution in [0.4, 0.5) is 5.69 Å². The molecule has 2 aliphatic heterocycles. The van der Waals surface area contributed by atoms with Crippen molar-refractivity contribution in [1.82, 2.24) is 14.9 Å². The standard InChI is InChI=1S/C17H20Cl2N4O2/c1-17(10-25-9-15(17)24)23-4-2-22(3-5-23)14-7-13-11(6-12(14)18)8-20-16(19)21-13/h6-8,15,24H,2-5,9-10H2,1H3. The van der Waals surface area contributed by atoms with E-state index in [0.29, 0.717) is 18.2 Å². The zero-order chi connectivity index (χ0) is 17.6. The van der Waals surface area contributed by atoms with Gasteiger partial charge in [-0.25, -0.2) is 9.97 Å². The molecule has 2 fully saturated rings. The summed E-state index contributed by atoms with van der Waals surface area (Å²) in [5.74, 6) is 0. The van der Waals surface area contributed by atoms with Crippen LogP contribution in [0.15, 0.2) is 18.3 Å². The predicted molar refractivity (Wildman–Crippen MR) is 98.6 cm³/mol. The van der Waals surface area contributed by atoms with Crippen LogP contribution in [-0.2, 0) is 4.74 Å². The lowest BCUT2D eigenvalue weighted by molar-refractivity contribution is 0.00884. The molecule has 2 unspecified atom stereocenters. The van der Waals surface area contributed by atoms with E-state index in [4.69, 9.17) is 27.9 Å². The van der Waals surface area contributed by atoms with E-state index < -0.39 is 6.10 Å². The fourth-order valence-corrected chi connectivity index (χ4v) is 4.10. The van der Waals surface area contributed by atoms with Gasteiger partial charge in [0.2, 0.25) is 5.28 Å². The Morgan fingerprint density at radius 2 is 2.00 bits per heavy atom. The van der Waals surface area contributed by atoms with Gasteiger partial charge in [0, 0.05) is 37.8 Å². The van der Waals surface area contributed by atoms with E-state index in [1.807, 2.05) is 12.1 Å². The van der Waals surface area contributed by atoms with Gasteiger partial charge in [-0.3, -0.25) is 4.90 Å². The fraction of sp³-hybridized carbons (Fsp3) is 0.529. The van der Waals surface area contributed by atoms with Crippen molar-refractivity contribution in [2.75, 3.05) is 44.3 Å². The smallest absolute Gasteiger partial charge is 0.222 e. The third-order valence-electron chi connectivity index (χ3n) is 5.35. The van der Waals surface area contributed by atoms with Crippen LogP contribution < -0.4 is 4.90 Å². The Hall–Kier alpha value is -1.18. The van der Waals surface area contributed by atoms with Gasteiger partial charge in [-0.1, -0.05) is 11.6 Å². The number of hydrogen-bond acceptors (Lipinski definition) is 6. The Kier molecular flexibility index (Phi) is 4.50. The number of fused-ring (bicyclic) bond motifs is 1. The summed E-state index contributed by atoms with van der Waals surface area (Å²) >= 11 is 12.4. The summed E-state index contributed by atoms with van der Waals surface area (Å²) in [7, 11) is 0. The summed E-state index contributed by atoms with van der Waals surface area (Å²) in [6.45, 7) is 6.39. The monoisotopic (exact) mass is 382 g/mol. The molecule has 25 heavy (non-hydrogen) atoms. The predicted octanol–water partition coefficient (Wildman–Crippen LogP) is 2.21. The van der Waals surface area contributed by atoms with Gasteiger partial charge in [-0.2, -0.15) is 0 Å². The molecule has 0 bridgehead atoms. The van der Waals surface area contributed by atoms with Crippen LogP contribution in [-0.4, -0.2) is 71.0 Å². The van der Waals surface area contributed by atoms with Gasteiger partial charge < -0.3 is 14.7 Å². The van der Waals surface area contributed by atoms with E-state index in [1.54, 1.807) is 6.20 Å². The van der Waals surface area contributed by atoms with Crippen molar-refractivity contribution in [3.8, 4) is 0 Å². The molecule has 0 aliphatic carbocycles. The van der Waals surface area contributed by atoms with Gasteiger partial charge in [-0.05, 0) is 30.7 Å². The summed E-state index contributed by atoms with van der Waals surface area (Å²) in [6.07, 6.45) is 1.24. The molecule has 0 spiro atoms. The molecular formula is C17H20Cl2N4O2. The molecule has 0 amide bonds. The number of halogens is 2. The van der Waals surface area contributed by atoms with Gasteiger partial charge in [0.15, 0.2) is 0 Å². The Morgan fingerprint density at radius 3 is 2.68 bits per heavy atom. The number of aromatic nitrogens is 2. The SMILES string of the molecule is CC1(N2CCN(c3cc4nc(Cl)ncc4cc3Cl)CC2)COCC1O. The highest BCUT2D eigenvalue weighted by Gasteiger charge is 2.44. The molecule has 8 heteroatoms. The van der Waals surface area contributed by atoms with Crippen LogP contribution in [0, 0.1) is 0 Å². The molecule has 3 heterocycles. The Bertz CT molecular complexity index is 798. The number of aliphatic hydroxyl groups is 1. The number of nitrogens with zero attached hydrogens (tertiary/aromatic N) is 4. The van der Waals surface area contributed by atoms with Gasteiger partial charge in [0.1, 0.15) is 0 Å². The molecule has 2 saturated heterocycles. The van der Waals surface area contributed by atoms with Gasteiger partial charge in [0.25, 0.3) is 0 Å².